The van der Waals surface area contributed by atoms with E-state index in [1.54, 1.807) is 19.2 Å². The summed E-state index contributed by atoms with van der Waals surface area (Å²) in [5.41, 5.74) is -3.42. The van der Waals surface area contributed by atoms with Crippen molar-refractivity contribution in [3.05, 3.63) is 92.2 Å². The molecule has 0 unspecified atom stereocenters. The number of hydrogen-bond donors (Lipinski definition) is 0. The van der Waals surface area contributed by atoms with E-state index < -0.39 is 47.0 Å². The average molecular weight is 590 g/mol. The van der Waals surface area contributed by atoms with Gasteiger partial charge in [-0.2, -0.15) is 18.4 Å². The Morgan fingerprint density at radius 3 is 2.49 bits per heavy atom. The fourth-order valence-corrected chi connectivity index (χ4v) is 4.94. The van der Waals surface area contributed by atoms with Crippen LogP contribution in [-0.4, -0.2) is 28.7 Å². The molecule has 7 nitrogen and oxygen atoms in total. The summed E-state index contributed by atoms with van der Waals surface area (Å²) in [5, 5.41) is 11.0. The molecule has 4 rings (SSSR count). The minimum atomic E-state index is -5.03. The number of hydrogen-bond acceptors (Lipinski definition) is 7. The SMILES string of the molecule is CCOC(=O)c1cc(-c2csc(-c3cc(C(F)(F)F)c(C#N)c(=O)n3Cc3ccc(F)cc3F)c2)cnc1OCC. The number of carbonyl (C=O) groups excluding carboxylic acids is 1. The fraction of sp³-hybridized carbons (Fsp3) is 0.214. The van der Waals surface area contributed by atoms with Crippen LogP contribution in [0, 0.1) is 23.0 Å². The molecule has 0 N–H and O–H groups in total. The number of alkyl halides is 3. The van der Waals surface area contributed by atoms with Gasteiger partial charge in [-0.25, -0.2) is 18.6 Å². The molecule has 0 fully saturated rings. The molecule has 0 amide bonds. The van der Waals surface area contributed by atoms with Gasteiger partial charge in [0.15, 0.2) is 0 Å². The molecule has 0 atom stereocenters. The first-order chi connectivity index (χ1) is 19.5. The number of nitriles is 1. The van der Waals surface area contributed by atoms with Crippen LogP contribution in [0.5, 0.6) is 5.88 Å². The van der Waals surface area contributed by atoms with Crippen molar-refractivity contribution in [2.75, 3.05) is 13.2 Å². The summed E-state index contributed by atoms with van der Waals surface area (Å²) in [6.45, 7) is 3.10. The van der Waals surface area contributed by atoms with E-state index in [1.165, 1.54) is 24.4 Å². The lowest BCUT2D eigenvalue weighted by Crippen LogP contribution is -2.28. The van der Waals surface area contributed by atoms with Crippen LogP contribution in [0.2, 0.25) is 0 Å². The van der Waals surface area contributed by atoms with Gasteiger partial charge in [0.2, 0.25) is 5.88 Å². The van der Waals surface area contributed by atoms with E-state index in [9.17, 15) is 36.8 Å². The van der Waals surface area contributed by atoms with Crippen LogP contribution in [0.4, 0.5) is 22.0 Å². The predicted octanol–water partition coefficient (Wildman–Crippen LogP) is 6.43. The third kappa shape index (κ3) is 6.12. The number of nitrogens with zero attached hydrogens (tertiary/aromatic N) is 3. The molecule has 41 heavy (non-hydrogen) atoms. The van der Waals surface area contributed by atoms with Gasteiger partial charge >= 0.3 is 12.1 Å². The standard InChI is InChI=1S/C28H20F5N3O4S/c1-3-39-25-19(27(38)40-4-2)7-16(12-35-25)17-8-24(41-14-17)23-10-21(28(31,32)33)20(11-34)26(37)36(23)13-15-5-6-18(29)9-22(15)30/h5-10,12,14H,3-4,13H2,1-2H3. The molecule has 0 aliphatic carbocycles. The van der Waals surface area contributed by atoms with Crippen molar-refractivity contribution in [1.82, 2.24) is 9.55 Å². The highest BCUT2D eigenvalue weighted by Crippen LogP contribution is 2.38. The third-order valence-electron chi connectivity index (χ3n) is 5.87. The summed E-state index contributed by atoms with van der Waals surface area (Å²) in [4.78, 5) is 30.0. The van der Waals surface area contributed by atoms with Crippen molar-refractivity contribution in [3.63, 3.8) is 0 Å². The predicted molar refractivity (Wildman–Crippen MR) is 140 cm³/mol. The molecular weight excluding hydrogens is 569 g/mol. The number of benzene rings is 1. The van der Waals surface area contributed by atoms with Crippen LogP contribution < -0.4 is 10.3 Å². The fourth-order valence-electron chi connectivity index (χ4n) is 4.00. The highest BCUT2D eigenvalue weighted by atomic mass is 32.1. The van der Waals surface area contributed by atoms with Crippen molar-refractivity contribution in [3.8, 4) is 33.6 Å². The first kappa shape index (κ1) is 29.4. The number of esters is 1. The Balaban J connectivity index is 1.89. The third-order valence-corrected chi connectivity index (χ3v) is 6.83. The number of aromatic nitrogens is 2. The van der Waals surface area contributed by atoms with Crippen LogP contribution in [0.3, 0.4) is 0 Å². The maximum absolute atomic E-state index is 14.5. The summed E-state index contributed by atoms with van der Waals surface area (Å²) in [6.07, 6.45) is -3.63. The van der Waals surface area contributed by atoms with E-state index in [2.05, 4.69) is 4.98 Å². The summed E-state index contributed by atoms with van der Waals surface area (Å²) in [6, 6.07) is 7.47. The maximum atomic E-state index is 14.5. The molecule has 0 saturated carbocycles. The lowest BCUT2D eigenvalue weighted by Gasteiger charge is -2.17. The van der Waals surface area contributed by atoms with Gasteiger partial charge in [-0.1, -0.05) is 6.07 Å². The first-order valence-electron chi connectivity index (χ1n) is 12.1. The topological polar surface area (TPSA) is 94.2 Å². The maximum Gasteiger partial charge on any atom is 0.417 e. The van der Waals surface area contributed by atoms with Crippen LogP contribution in [0.25, 0.3) is 21.7 Å². The zero-order valence-electron chi connectivity index (χ0n) is 21.5. The van der Waals surface area contributed by atoms with Gasteiger partial charge in [-0.15, -0.1) is 11.3 Å². The van der Waals surface area contributed by atoms with E-state index in [0.29, 0.717) is 23.3 Å². The lowest BCUT2D eigenvalue weighted by molar-refractivity contribution is -0.137. The van der Waals surface area contributed by atoms with Gasteiger partial charge in [0.25, 0.3) is 5.56 Å². The van der Waals surface area contributed by atoms with Crippen molar-refractivity contribution >= 4 is 17.3 Å². The van der Waals surface area contributed by atoms with Crippen molar-refractivity contribution < 1.29 is 36.2 Å². The molecule has 13 heteroatoms. The number of pyridine rings is 2. The molecule has 1 aromatic carbocycles. The Kier molecular flexibility index (Phi) is 8.53. The molecular formula is C28H20F5N3O4S. The van der Waals surface area contributed by atoms with E-state index >= 15 is 0 Å². The summed E-state index contributed by atoms with van der Waals surface area (Å²) in [5.74, 6) is -2.53. The van der Waals surface area contributed by atoms with Gasteiger partial charge in [0.1, 0.15) is 28.8 Å². The quantitative estimate of drug-likeness (QED) is 0.174. The summed E-state index contributed by atoms with van der Waals surface area (Å²) in [7, 11) is 0. The molecule has 0 aliphatic rings. The number of rotatable bonds is 8. The van der Waals surface area contributed by atoms with E-state index in [4.69, 9.17) is 9.47 Å². The highest BCUT2D eigenvalue weighted by molar-refractivity contribution is 7.14. The smallest absolute Gasteiger partial charge is 0.417 e. The molecule has 0 spiro atoms. The number of thiophene rings is 1. The Hall–Kier alpha value is -4.57. The lowest BCUT2D eigenvalue weighted by atomic mass is 10.1. The van der Waals surface area contributed by atoms with Crippen molar-refractivity contribution in [1.29, 1.82) is 5.26 Å². The zero-order valence-corrected chi connectivity index (χ0v) is 22.3. The Bertz CT molecular complexity index is 1720. The van der Waals surface area contributed by atoms with Gasteiger partial charge in [-0.3, -0.25) is 4.79 Å². The van der Waals surface area contributed by atoms with E-state index in [1.807, 2.05) is 0 Å². The van der Waals surface area contributed by atoms with E-state index in [-0.39, 0.29) is 40.8 Å². The molecule has 0 radical (unpaired) electrons. The van der Waals surface area contributed by atoms with Crippen LogP contribution in [0.15, 0.2) is 52.8 Å². The summed E-state index contributed by atoms with van der Waals surface area (Å²) < 4.78 is 80.8. The van der Waals surface area contributed by atoms with Gasteiger partial charge in [0, 0.05) is 23.4 Å². The van der Waals surface area contributed by atoms with Gasteiger partial charge < -0.3 is 14.0 Å². The largest absolute Gasteiger partial charge is 0.477 e. The molecule has 212 valence electrons. The molecule has 0 bridgehead atoms. The molecule has 3 heterocycles. The van der Waals surface area contributed by atoms with Crippen LogP contribution in [0.1, 0.15) is 40.9 Å². The number of halogens is 5. The highest BCUT2D eigenvalue weighted by Gasteiger charge is 2.37. The van der Waals surface area contributed by atoms with E-state index in [0.717, 1.165) is 28.0 Å². The minimum Gasteiger partial charge on any atom is -0.477 e. The monoisotopic (exact) mass is 589 g/mol. The molecule has 0 saturated heterocycles. The Morgan fingerprint density at radius 1 is 1.10 bits per heavy atom. The van der Waals surface area contributed by atoms with Crippen molar-refractivity contribution in [2.45, 2.75) is 26.6 Å². The second-order valence-electron chi connectivity index (χ2n) is 8.48. The molecule has 0 aliphatic heterocycles. The van der Waals surface area contributed by atoms with Crippen LogP contribution in [-0.2, 0) is 17.5 Å². The first-order valence-corrected chi connectivity index (χ1v) is 12.9. The normalized spacial score (nSPS) is 11.3. The van der Waals surface area contributed by atoms with Crippen molar-refractivity contribution in [2.24, 2.45) is 0 Å². The second-order valence-corrected chi connectivity index (χ2v) is 9.40. The van der Waals surface area contributed by atoms with Gasteiger partial charge in [0.05, 0.1) is 35.9 Å². The second kappa shape index (κ2) is 11.9. The number of carbonyl (C=O) groups is 1. The molecule has 3 aromatic heterocycles. The van der Waals surface area contributed by atoms with Gasteiger partial charge in [-0.05, 0) is 49.1 Å². The minimum absolute atomic E-state index is 0.0420. The Labute approximate surface area is 234 Å². The number of ether oxygens (including phenoxy) is 2. The summed E-state index contributed by atoms with van der Waals surface area (Å²) >= 11 is 0.970. The average Bonchev–Trinajstić information content (AvgIpc) is 3.41. The molecule has 4 aromatic rings. The van der Waals surface area contributed by atoms with Crippen LogP contribution >= 0.6 is 11.3 Å². The zero-order chi connectivity index (χ0) is 29.9. The Morgan fingerprint density at radius 2 is 1.85 bits per heavy atom.